The molecule has 0 radical (unpaired) electrons. The van der Waals surface area contributed by atoms with Crippen LogP contribution >= 0.6 is 0 Å². The molecule has 1 amide bonds. The molecule has 0 saturated carbocycles. The molecular formula is C17H29N3O3S. The van der Waals surface area contributed by atoms with E-state index in [4.69, 9.17) is 5.73 Å². The van der Waals surface area contributed by atoms with Gasteiger partial charge in [0.25, 0.3) is 0 Å². The van der Waals surface area contributed by atoms with Gasteiger partial charge in [-0.15, -0.1) is 0 Å². The van der Waals surface area contributed by atoms with Crippen molar-refractivity contribution >= 4 is 21.6 Å². The van der Waals surface area contributed by atoms with Crippen molar-refractivity contribution in [1.29, 1.82) is 0 Å². The quantitative estimate of drug-likeness (QED) is 0.730. The number of anilines is 1. The lowest BCUT2D eigenvalue weighted by Gasteiger charge is -2.24. The second kappa shape index (κ2) is 7.21. The van der Waals surface area contributed by atoms with Crippen molar-refractivity contribution in [2.75, 3.05) is 5.32 Å². The van der Waals surface area contributed by atoms with Gasteiger partial charge in [-0.05, 0) is 58.7 Å². The SMILES string of the molecule is CCCC(C)(N)C(=O)Nc1ccc(C)c(S(=O)(=O)NC(C)(C)C)c1. The average Bonchev–Trinajstić information content (AvgIpc) is 2.37. The molecule has 1 atom stereocenters. The molecule has 0 aromatic heterocycles. The summed E-state index contributed by atoms with van der Waals surface area (Å²) in [5.74, 6) is -0.333. The number of carbonyl (C=O) groups is 1. The third-order valence-electron chi connectivity index (χ3n) is 3.46. The van der Waals surface area contributed by atoms with Crippen LogP contribution in [0.1, 0.15) is 53.0 Å². The summed E-state index contributed by atoms with van der Waals surface area (Å²) in [5, 5.41) is 2.71. The summed E-state index contributed by atoms with van der Waals surface area (Å²) in [6.07, 6.45) is 1.32. The van der Waals surface area contributed by atoms with E-state index in [0.29, 0.717) is 17.7 Å². The highest BCUT2D eigenvalue weighted by Crippen LogP contribution is 2.22. The van der Waals surface area contributed by atoms with Crippen molar-refractivity contribution in [3.63, 3.8) is 0 Å². The largest absolute Gasteiger partial charge is 0.324 e. The molecule has 4 N–H and O–H groups in total. The maximum Gasteiger partial charge on any atom is 0.244 e. The summed E-state index contributed by atoms with van der Waals surface area (Å²) >= 11 is 0. The lowest BCUT2D eigenvalue weighted by Crippen LogP contribution is -2.48. The minimum Gasteiger partial charge on any atom is -0.324 e. The predicted octanol–water partition coefficient (Wildman–Crippen LogP) is 2.53. The second-order valence-corrected chi connectivity index (χ2v) is 9.11. The molecule has 7 heteroatoms. The Hall–Kier alpha value is -1.44. The fourth-order valence-electron chi connectivity index (χ4n) is 2.33. The van der Waals surface area contributed by atoms with E-state index in [2.05, 4.69) is 10.0 Å². The molecule has 1 aromatic carbocycles. The van der Waals surface area contributed by atoms with E-state index in [1.807, 2.05) is 6.92 Å². The van der Waals surface area contributed by atoms with Crippen LogP contribution in [0.25, 0.3) is 0 Å². The van der Waals surface area contributed by atoms with E-state index in [0.717, 1.165) is 6.42 Å². The molecule has 0 fully saturated rings. The lowest BCUT2D eigenvalue weighted by molar-refractivity contribution is -0.120. The Kier molecular flexibility index (Phi) is 6.19. The van der Waals surface area contributed by atoms with Crippen LogP contribution in [0.15, 0.2) is 23.1 Å². The molecule has 0 aliphatic heterocycles. The highest BCUT2D eigenvalue weighted by atomic mass is 32.2. The molecule has 0 aliphatic rings. The summed E-state index contributed by atoms with van der Waals surface area (Å²) in [4.78, 5) is 12.4. The maximum absolute atomic E-state index is 12.6. The maximum atomic E-state index is 12.6. The minimum absolute atomic E-state index is 0.143. The van der Waals surface area contributed by atoms with Gasteiger partial charge in [-0.2, -0.15) is 0 Å². The normalized spacial score (nSPS) is 15.0. The van der Waals surface area contributed by atoms with Crippen molar-refractivity contribution in [3.05, 3.63) is 23.8 Å². The van der Waals surface area contributed by atoms with Gasteiger partial charge in [-0.25, -0.2) is 13.1 Å². The van der Waals surface area contributed by atoms with Crippen LogP contribution in [0.2, 0.25) is 0 Å². The molecule has 1 unspecified atom stereocenters. The number of rotatable bonds is 6. The Morgan fingerprint density at radius 2 is 1.79 bits per heavy atom. The Morgan fingerprint density at radius 1 is 1.21 bits per heavy atom. The van der Waals surface area contributed by atoms with Gasteiger partial charge in [0.05, 0.1) is 10.4 Å². The Bertz CT molecular complexity index is 704. The zero-order valence-electron chi connectivity index (χ0n) is 15.4. The van der Waals surface area contributed by atoms with Gasteiger partial charge in [-0.1, -0.05) is 19.4 Å². The number of amides is 1. The zero-order chi connectivity index (χ0) is 18.8. The smallest absolute Gasteiger partial charge is 0.244 e. The molecular weight excluding hydrogens is 326 g/mol. The van der Waals surface area contributed by atoms with Gasteiger partial charge in [0.2, 0.25) is 15.9 Å². The molecule has 1 rings (SSSR count). The van der Waals surface area contributed by atoms with Gasteiger partial charge in [0, 0.05) is 11.2 Å². The van der Waals surface area contributed by atoms with Crippen LogP contribution in [0, 0.1) is 6.92 Å². The standard InChI is InChI=1S/C17H29N3O3S/c1-7-10-17(6,18)15(21)19-13-9-8-12(2)14(11-13)24(22,23)20-16(3,4)5/h8-9,11,20H,7,10,18H2,1-6H3,(H,19,21). The Labute approximate surface area is 145 Å². The number of nitrogens with two attached hydrogens (primary N) is 1. The lowest BCUT2D eigenvalue weighted by atomic mass is 9.96. The van der Waals surface area contributed by atoms with Gasteiger partial charge < -0.3 is 11.1 Å². The van der Waals surface area contributed by atoms with E-state index in [1.54, 1.807) is 46.8 Å². The van der Waals surface area contributed by atoms with Gasteiger partial charge in [0.15, 0.2) is 0 Å². The summed E-state index contributed by atoms with van der Waals surface area (Å²) in [6, 6.07) is 4.80. The average molecular weight is 356 g/mol. The van der Waals surface area contributed by atoms with Crippen molar-refractivity contribution in [3.8, 4) is 0 Å². The highest BCUT2D eigenvalue weighted by molar-refractivity contribution is 7.89. The third kappa shape index (κ3) is 5.58. The first-order valence-corrected chi connectivity index (χ1v) is 9.52. The van der Waals surface area contributed by atoms with Crippen LogP contribution in [0.3, 0.4) is 0 Å². The first kappa shape index (κ1) is 20.6. The summed E-state index contributed by atoms with van der Waals surface area (Å²) < 4.78 is 27.7. The van der Waals surface area contributed by atoms with E-state index in [-0.39, 0.29) is 10.8 Å². The number of nitrogens with one attached hydrogen (secondary N) is 2. The fourth-order valence-corrected chi connectivity index (χ4v) is 4.02. The number of benzene rings is 1. The monoisotopic (exact) mass is 355 g/mol. The summed E-state index contributed by atoms with van der Waals surface area (Å²) in [7, 11) is -3.69. The number of carbonyl (C=O) groups excluding carboxylic acids is 1. The van der Waals surface area contributed by atoms with E-state index >= 15 is 0 Å². The van der Waals surface area contributed by atoms with Crippen molar-refractivity contribution in [1.82, 2.24) is 4.72 Å². The molecule has 0 saturated heterocycles. The van der Waals surface area contributed by atoms with Crippen LogP contribution in [-0.4, -0.2) is 25.4 Å². The van der Waals surface area contributed by atoms with Gasteiger partial charge in [0.1, 0.15) is 0 Å². The summed E-state index contributed by atoms with van der Waals surface area (Å²) in [5.41, 5.74) is 5.43. The van der Waals surface area contributed by atoms with E-state index in [1.165, 1.54) is 6.07 Å². The van der Waals surface area contributed by atoms with Crippen LogP contribution in [0.5, 0.6) is 0 Å². The molecule has 24 heavy (non-hydrogen) atoms. The van der Waals surface area contributed by atoms with Crippen molar-refractivity contribution in [2.45, 2.75) is 70.4 Å². The highest BCUT2D eigenvalue weighted by Gasteiger charge is 2.28. The van der Waals surface area contributed by atoms with E-state index in [9.17, 15) is 13.2 Å². The zero-order valence-corrected chi connectivity index (χ0v) is 16.2. The van der Waals surface area contributed by atoms with Crippen LogP contribution in [0.4, 0.5) is 5.69 Å². The number of aryl methyl sites for hydroxylation is 1. The first-order chi connectivity index (χ1) is 10.8. The molecule has 0 bridgehead atoms. The molecule has 0 heterocycles. The number of sulfonamides is 1. The second-order valence-electron chi connectivity index (χ2n) is 7.46. The molecule has 136 valence electrons. The number of hydrogen-bond acceptors (Lipinski definition) is 4. The van der Waals surface area contributed by atoms with Crippen LogP contribution < -0.4 is 15.8 Å². The van der Waals surface area contributed by atoms with Crippen molar-refractivity contribution in [2.24, 2.45) is 5.73 Å². The van der Waals surface area contributed by atoms with Gasteiger partial charge >= 0.3 is 0 Å². The summed E-state index contributed by atoms with van der Waals surface area (Å²) in [6.45, 7) is 10.7. The molecule has 1 aromatic rings. The first-order valence-electron chi connectivity index (χ1n) is 8.03. The number of hydrogen-bond donors (Lipinski definition) is 3. The third-order valence-corrected chi connectivity index (χ3v) is 5.36. The molecule has 0 aliphatic carbocycles. The van der Waals surface area contributed by atoms with Gasteiger partial charge in [-0.3, -0.25) is 4.79 Å². The Balaban J connectivity index is 3.13. The van der Waals surface area contributed by atoms with Crippen LogP contribution in [-0.2, 0) is 14.8 Å². The van der Waals surface area contributed by atoms with E-state index < -0.39 is 21.1 Å². The predicted molar refractivity (Wildman–Crippen MR) is 97.4 cm³/mol. The topological polar surface area (TPSA) is 101 Å². The minimum atomic E-state index is -3.69. The van der Waals surface area contributed by atoms with Crippen molar-refractivity contribution < 1.29 is 13.2 Å². The molecule has 6 nitrogen and oxygen atoms in total. The Morgan fingerprint density at radius 3 is 2.29 bits per heavy atom. The fraction of sp³-hybridized carbons (Fsp3) is 0.588. The molecule has 0 spiro atoms.